The van der Waals surface area contributed by atoms with Crippen molar-refractivity contribution in [1.29, 1.82) is 0 Å². The van der Waals surface area contributed by atoms with Crippen LogP contribution >= 0.6 is 0 Å². The first kappa shape index (κ1) is 17.4. The second-order valence-corrected chi connectivity index (χ2v) is 5.88. The molecular weight excluding hydrogens is 256 g/mol. The zero-order valence-corrected chi connectivity index (χ0v) is 13.0. The van der Waals surface area contributed by atoms with Crippen LogP contribution in [0.25, 0.3) is 0 Å². The molecule has 1 fully saturated rings. The van der Waals surface area contributed by atoms with E-state index < -0.39 is 0 Å². The van der Waals surface area contributed by atoms with E-state index in [1.165, 1.54) is 0 Å². The summed E-state index contributed by atoms with van der Waals surface area (Å²) in [5, 5.41) is 3.02. The molecule has 0 unspecified atom stereocenters. The second-order valence-electron chi connectivity index (χ2n) is 5.88. The number of carbonyl (C=O) groups excluding carboxylic acids is 1. The number of methoxy groups -OCH3 is 1. The Bertz CT molecular complexity index is 276. The van der Waals surface area contributed by atoms with Crippen LogP contribution in [0.1, 0.15) is 39.0 Å². The molecule has 0 atom stereocenters. The van der Waals surface area contributed by atoms with Crippen LogP contribution in [0.3, 0.4) is 0 Å². The molecule has 0 spiro atoms. The summed E-state index contributed by atoms with van der Waals surface area (Å²) >= 11 is 0. The summed E-state index contributed by atoms with van der Waals surface area (Å²) in [6.07, 6.45) is 4.86. The van der Waals surface area contributed by atoms with Crippen molar-refractivity contribution < 1.29 is 14.3 Å². The number of hydrogen-bond acceptors (Lipinski definition) is 4. The van der Waals surface area contributed by atoms with Gasteiger partial charge in [-0.1, -0.05) is 6.92 Å². The van der Waals surface area contributed by atoms with Crippen LogP contribution in [-0.2, 0) is 14.3 Å². The Balaban J connectivity index is 2.20. The van der Waals surface area contributed by atoms with Gasteiger partial charge in [0.15, 0.2) is 0 Å². The summed E-state index contributed by atoms with van der Waals surface area (Å²) in [5.41, 5.74) is 5.54. The molecule has 1 aliphatic carbocycles. The fourth-order valence-electron chi connectivity index (χ4n) is 2.65. The van der Waals surface area contributed by atoms with E-state index in [2.05, 4.69) is 12.2 Å². The Kier molecular flexibility index (Phi) is 8.11. The Morgan fingerprint density at radius 1 is 1.30 bits per heavy atom. The fraction of sp³-hybridized carbons (Fsp3) is 0.933. The quantitative estimate of drug-likeness (QED) is 0.627. The zero-order chi connectivity index (χ0) is 14.8. The van der Waals surface area contributed by atoms with Crippen LogP contribution < -0.4 is 11.1 Å². The lowest BCUT2D eigenvalue weighted by molar-refractivity contribution is -0.132. The molecule has 0 bridgehead atoms. The molecule has 1 rings (SSSR count). The molecule has 0 saturated heterocycles. The Morgan fingerprint density at radius 3 is 2.60 bits per heavy atom. The van der Waals surface area contributed by atoms with Gasteiger partial charge in [-0.25, -0.2) is 0 Å². The molecule has 1 aliphatic rings. The van der Waals surface area contributed by atoms with Crippen molar-refractivity contribution in [3.8, 4) is 0 Å². The van der Waals surface area contributed by atoms with Gasteiger partial charge in [0, 0.05) is 26.8 Å². The smallest absolute Gasteiger partial charge is 0.227 e. The highest BCUT2D eigenvalue weighted by molar-refractivity contribution is 5.83. The predicted molar refractivity (Wildman–Crippen MR) is 79.4 cm³/mol. The first-order chi connectivity index (χ1) is 9.64. The summed E-state index contributed by atoms with van der Waals surface area (Å²) in [6, 6.07) is 0. The van der Waals surface area contributed by atoms with Crippen LogP contribution in [0, 0.1) is 11.3 Å². The molecule has 20 heavy (non-hydrogen) atoms. The van der Waals surface area contributed by atoms with Crippen molar-refractivity contribution in [2.75, 3.05) is 40.0 Å². The summed E-state index contributed by atoms with van der Waals surface area (Å²) in [4.78, 5) is 12.3. The molecule has 1 amide bonds. The normalized spacial score (nSPS) is 26.4. The average molecular weight is 286 g/mol. The van der Waals surface area contributed by atoms with E-state index in [9.17, 15) is 4.79 Å². The number of amides is 1. The molecule has 5 heteroatoms. The molecular formula is C15H30N2O3. The minimum atomic E-state index is -0.330. The van der Waals surface area contributed by atoms with E-state index in [4.69, 9.17) is 15.2 Å². The van der Waals surface area contributed by atoms with E-state index in [1.54, 1.807) is 7.11 Å². The lowest BCUT2D eigenvalue weighted by Gasteiger charge is -2.37. The molecule has 0 aromatic heterocycles. The number of carbonyl (C=O) groups is 1. The monoisotopic (exact) mass is 286 g/mol. The second kappa shape index (κ2) is 9.32. The van der Waals surface area contributed by atoms with E-state index in [-0.39, 0.29) is 11.3 Å². The SMILES string of the molecule is COCCOCCCNC(=O)C1(CN)CCC(C)CC1. The van der Waals surface area contributed by atoms with Gasteiger partial charge in [0.2, 0.25) is 5.91 Å². The molecule has 1 saturated carbocycles. The van der Waals surface area contributed by atoms with Crippen molar-refractivity contribution in [3.63, 3.8) is 0 Å². The average Bonchev–Trinajstić information content (AvgIpc) is 2.47. The van der Waals surface area contributed by atoms with Gasteiger partial charge in [-0.05, 0) is 38.0 Å². The Hall–Kier alpha value is -0.650. The molecule has 0 radical (unpaired) electrons. The topological polar surface area (TPSA) is 73.6 Å². The zero-order valence-electron chi connectivity index (χ0n) is 13.0. The Labute approximate surface area is 122 Å². The van der Waals surface area contributed by atoms with Gasteiger partial charge >= 0.3 is 0 Å². The molecule has 3 N–H and O–H groups in total. The lowest BCUT2D eigenvalue weighted by atomic mass is 9.70. The Morgan fingerprint density at radius 2 is 2.00 bits per heavy atom. The van der Waals surface area contributed by atoms with Gasteiger partial charge in [0.25, 0.3) is 0 Å². The van der Waals surface area contributed by atoms with Gasteiger partial charge in [0.05, 0.1) is 18.6 Å². The molecule has 0 aliphatic heterocycles. The van der Waals surface area contributed by atoms with Gasteiger partial charge in [0.1, 0.15) is 0 Å². The third-order valence-corrected chi connectivity index (χ3v) is 4.29. The molecule has 0 aromatic rings. The van der Waals surface area contributed by atoms with E-state index in [1.807, 2.05) is 0 Å². The van der Waals surface area contributed by atoms with Crippen LogP contribution in [0.5, 0.6) is 0 Å². The molecule has 0 heterocycles. The van der Waals surface area contributed by atoms with Crippen LogP contribution in [0.15, 0.2) is 0 Å². The van der Waals surface area contributed by atoms with Crippen molar-refractivity contribution >= 4 is 5.91 Å². The number of nitrogens with two attached hydrogens (primary N) is 1. The van der Waals surface area contributed by atoms with Gasteiger partial charge in [-0.3, -0.25) is 4.79 Å². The first-order valence-electron chi connectivity index (χ1n) is 7.69. The van der Waals surface area contributed by atoms with Crippen molar-refractivity contribution in [1.82, 2.24) is 5.32 Å². The van der Waals surface area contributed by atoms with Crippen LogP contribution in [0.4, 0.5) is 0 Å². The first-order valence-corrected chi connectivity index (χ1v) is 7.69. The van der Waals surface area contributed by atoms with Crippen molar-refractivity contribution in [3.05, 3.63) is 0 Å². The van der Waals surface area contributed by atoms with Crippen LogP contribution in [-0.4, -0.2) is 45.9 Å². The van der Waals surface area contributed by atoms with E-state index >= 15 is 0 Å². The number of rotatable bonds is 9. The predicted octanol–water partition coefficient (Wildman–Crippen LogP) is 1.31. The number of hydrogen-bond donors (Lipinski definition) is 2. The number of ether oxygens (including phenoxy) is 2. The van der Waals surface area contributed by atoms with Gasteiger partial charge in [-0.15, -0.1) is 0 Å². The maximum Gasteiger partial charge on any atom is 0.227 e. The summed E-state index contributed by atoms with van der Waals surface area (Å²) in [7, 11) is 1.65. The van der Waals surface area contributed by atoms with Gasteiger partial charge in [-0.2, -0.15) is 0 Å². The highest BCUT2D eigenvalue weighted by atomic mass is 16.5. The standard InChI is InChI=1S/C15H30N2O3/c1-13-4-6-15(12-16,7-5-13)14(18)17-8-3-9-20-11-10-19-2/h13H,3-12,16H2,1-2H3,(H,17,18). The maximum absolute atomic E-state index is 12.3. The van der Waals surface area contributed by atoms with Crippen molar-refractivity contribution in [2.24, 2.45) is 17.1 Å². The molecule has 118 valence electrons. The highest BCUT2D eigenvalue weighted by Crippen LogP contribution is 2.38. The largest absolute Gasteiger partial charge is 0.382 e. The minimum absolute atomic E-state index is 0.129. The minimum Gasteiger partial charge on any atom is -0.382 e. The highest BCUT2D eigenvalue weighted by Gasteiger charge is 2.39. The molecule has 5 nitrogen and oxygen atoms in total. The van der Waals surface area contributed by atoms with E-state index in [0.29, 0.717) is 32.9 Å². The third-order valence-electron chi connectivity index (χ3n) is 4.29. The number of nitrogens with one attached hydrogen (secondary N) is 1. The summed E-state index contributed by atoms with van der Waals surface area (Å²) < 4.78 is 10.3. The van der Waals surface area contributed by atoms with Gasteiger partial charge < -0.3 is 20.5 Å². The lowest BCUT2D eigenvalue weighted by Crippen LogP contribution is -2.48. The molecule has 0 aromatic carbocycles. The fourth-order valence-corrected chi connectivity index (χ4v) is 2.65. The third kappa shape index (κ3) is 5.38. The van der Waals surface area contributed by atoms with Crippen molar-refractivity contribution in [2.45, 2.75) is 39.0 Å². The van der Waals surface area contributed by atoms with E-state index in [0.717, 1.165) is 38.0 Å². The summed E-state index contributed by atoms with van der Waals surface area (Å²) in [5.74, 6) is 0.848. The maximum atomic E-state index is 12.3. The summed E-state index contributed by atoms with van der Waals surface area (Å²) in [6.45, 7) is 5.22. The van der Waals surface area contributed by atoms with Crippen LogP contribution in [0.2, 0.25) is 0 Å².